The number of amides is 1. The Hall–Kier alpha value is -1.83. The van der Waals surface area contributed by atoms with Crippen LogP contribution in [-0.4, -0.2) is 5.91 Å². The molecule has 0 spiro atoms. The molecule has 0 aliphatic rings. The lowest BCUT2D eigenvalue weighted by atomic mass is 10.0. The predicted molar refractivity (Wildman–Crippen MR) is 51.3 cm³/mol. The Balaban J connectivity index is 2.83. The summed E-state index contributed by atoms with van der Waals surface area (Å²) >= 11 is 0. The highest BCUT2D eigenvalue weighted by Crippen LogP contribution is 2.16. The van der Waals surface area contributed by atoms with E-state index in [1.807, 2.05) is 24.3 Å². The first-order chi connectivity index (χ1) is 6.29. The van der Waals surface area contributed by atoms with Crippen molar-refractivity contribution in [2.24, 2.45) is 5.73 Å². The van der Waals surface area contributed by atoms with Crippen LogP contribution in [0.4, 0.5) is 0 Å². The first-order valence-corrected chi connectivity index (χ1v) is 3.98. The summed E-state index contributed by atoms with van der Waals surface area (Å²) in [4.78, 5) is 11.0. The molecular weight excluding hydrogens is 162 g/mol. The largest absolute Gasteiger partial charge is 0.366 e. The van der Waals surface area contributed by atoms with Gasteiger partial charge in [-0.1, -0.05) is 30.3 Å². The Kier molecular flexibility index (Phi) is 1.74. The smallest absolute Gasteiger partial charge is 0.249 e. The number of nitrogens with two attached hydrogens (primary N) is 1. The fourth-order valence-corrected chi connectivity index (χ4v) is 1.36. The Bertz CT molecular complexity index is 457. The molecule has 0 heterocycles. The van der Waals surface area contributed by atoms with E-state index in [0.29, 0.717) is 5.56 Å². The number of carbonyl (C=O) groups is 1. The third-order valence-corrected chi connectivity index (χ3v) is 1.96. The van der Waals surface area contributed by atoms with E-state index in [1.54, 1.807) is 12.1 Å². The number of primary amides is 1. The standard InChI is InChI=1S/C11H8NO/c12-11(13)10-7-3-5-8-4-1-2-6-9(8)10/h1-5,7H,(H2,12,13). The molecule has 2 aromatic rings. The molecule has 0 aliphatic carbocycles. The van der Waals surface area contributed by atoms with Gasteiger partial charge in [0.25, 0.3) is 0 Å². The van der Waals surface area contributed by atoms with Crippen molar-refractivity contribution in [1.29, 1.82) is 0 Å². The minimum absolute atomic E-state index is 0.409. The molecule has 1 radical (unpaired) electrons. The van der Waals surface area contributed by atoms with Crippen LogP contribution < -0.4 is 5.73 Å². The molecule has 0 fully saturated rings. The topological polar surface area (TPSA) is 43.1 Å². The molecule has 0 bridgehead atoms. The van der Waals surface area contributed by atoms with Crippen molar-refractivity contribution >= 4 is 16.7 Å². The van der Waals surface area contributed by atoms with Crippen LogP contribution in [0.1, 0.15) is 10.4 Å². The number of benzene rings is 2. The lowest BCUT2D eigenvalue weighted by molar-refractivity contribution is 0.100. The Morgan fingerprint density at radius 1 is 1.23 bits per heavy atom. The van der Waals surface area contributed by atoms with Gasteiger partial charge in [0, 0.05) is 10.9 Å². The van der Waals surface area contributed by atoms with Gasteiger partial charge >= 0.3 is 0 Å². The van der Waals surface area contributed by atoms with Gasteiger partial charge in [0.2, 0.25) is 5.91 Å². The number of fused-ring (bicyclic) bond motifs is 1. The van der Waals surface area contributed by atoms with Crippen LogP contribution in [-0.2, 0) is 0 Å². The molecule has 2 N–H and O–H groups in total. The van der Waals surface area contributed by atoms with Gasteiger partial charge in [-0.2, -0.15) is 0 Å². The van der Waals surface area contributed by atoms with E-state index >= 15 is 0 Å². The number of rotatable bonds is 1. The fraction of sp³-hybridized carbons (Fsp3) is 0. The molecule has 13 heavy (non-hydrogen) atoms. The minimum atomic E-state index is -0.409. The number of hydrogen-bond donors (Lipinski definition) is 1. The Morgan fingerprint density at radius 2 is 2.00 bits per heavy atom. The van der Waals surface area contributed by atoms with Crippen LogP contribution in [0.3, 0.4) is 0 Å². The highest BCUT2D eigenvalue weighted by molar-refractivity contribution is 6.05. The molecule has 2 aromatic carbocycles. The quantitative estimate of drug-likeness (QED) is 0.696. The molecule has 0 atom stereocenters. The summed E-state index contributed by atoms with van der Waals surface area (Å²) in [6, 6.07) is 14.0. The monoisotopic (exact) mass is 170 g/mol. The van der Waals surface area contributed by atoms with Gasteiger partial charge in [0.15, 0.2) is 0 Å². The molecule has 2 nitrogen and oxygen atoms in total. The molecule has 2 rings (SSSR count). The van der Waals surface area contributed by atoms with Crippen molar-refractivity contribution in [3.8, 4) is 0 Å². The molecule has 0 aromatic heterocycles. The molecule has 1 amide bonds. The summed E-state index contributed by atoms with van der Waals surface area (Å²) in [7, 11) is 0. The van der Waals surface area contributed by atoms with Crippen LogP contribution >= 0.6 is 0 Å². The van der Waals surface area contributed by atoms with Gasteiger partial charge in [0.1, 0.15) is 0 Å². The first kappa shape index (κ1) is 7.80. The summed E-state index contributed by atoms with van der Waals surface area (Å²) in [5, 5.41) is 1.77. The van der Waals surface area contributed by atoms with E-state index in [1.165, 1.54) is 0 Å². The maximum atomic E-state index is 11.0. The van der Waals surface area contributed by atoms with Crippen LogP contribution in [0.25, 0.3) is 10.8 Å². The highest BCUT2D eigenvalue weighted by Gasteiger charge is 2.04. The van der Waals surface area contributed by atoms with E-state index in [-0.39, 0.29) is 0 Å². The number of carbonyl (C=O) groups excluding carboxylic acids is 1. The normalized spacial score (nSPS) is 10.2. The zero-order valence-corrected chi connectivity index (χ0v) is 6.95. The second kappa shape index (κ2) is 2.90. The average molecular weight is 170 g/mol. The van der Waals surface area contributed by atoms with Gasteiger partial charge in [-0.25, -0.2) is 0 Å². The Morgan fingerprint density at radius 3 is 2.77 bits per heavy atom. The van der Waals surface area contributed by atoms with E-state index < -0.39 is 5.91 Å². The van der Waals surface area contributed by atoms with Crippen molar-refractivity contribution in [2.75, 3.05) is 0 Å². The maximum absolute atomic E-state index is 11.0. The zero-order valence-electron chi connectivity index (χ0n) is 6.95. The SMILES string of the molecule is NC(=O)c1cccc2ccc[c]c12. The second-order valence-electron chi connectivity index (χ2n) is 2.80. The highest BCUT2D eigenvalue weighted by atomic mass is 16.1. The van der Waals surface area contributed by atoms with Crippen LogP contribution in [0.5, 0.6) is 0 Å². The molecule has 0 saturated carbocycles. The summed E-state index contributed by atoms with van der Waals surface area (Å²) in [5.41, 5.74) is 5.75. The van der Waals surface area contributed by atoms with Crippen molar-refractivity contribution in [3.63, 3.8) is 0 Å². The van der Waals surface area contributed by atoms with E-state index in [2.05, 4.69) is 6.07 Å². The van der Waals surface area contributed by atoms with Gasteiger partial charge < -0.3 is 5.73 Å². The summed E-state index contributed by atoms with van der Waals surface area (Å²) in [6.07, 6.45) is 0. The van der Waals surface area contributed by atoms with Crippen LogP contribution in [0.2, 0.25) is 0 Å². The lowest BCUT2D eigenvalue weighted by Crippen LogP contribution is -2.11. The third kappa shape index (κ3) is 1.26. The van der Waals surface area contributed by atoms with Crippen LogP contribution in [0, 0.1) is 6.07 Å². The van der Waals surface area contributed by atoms with Gasteiger partial charge in [0.05, 0.1) is 0 Å². The van der Waals surface area contributed by atoms with Crippen molar-refractivity contribution in [3.05, 3.63) is 48.0 Å². The number of hydrogen-bond acceptors (Lipinski definition) is 1. The fourth-order valence-electron chi connectivity index (χ4n) is 1.36. The van der Waals surface area contributed by atoms with Crippen molar-refractivity contribution < 1.29 is 4.79 Å². The molecule has 0 unspecified atom stereocenters. The van der Waals surface area contributed by atoms with E-state index in [9.17, 15) is 4.79 Å². The van der Waals surface area contributed by atoms with Crippen molar-refractivity contribution in [1.82, 2.24) is 0 Å². The molecule has 0 saturated heterocycles. The first-order valence-electron chi connectivity index (χ1n) is 3.98. The van der Waals surface area contributed by atoms with Gasteiger partial charge in [-0.3, -0.25) is 4.79 Å². The van der Waals surface area contributed by atoms with E-state index in [0.717, 1.165) is 10.8 Å². The van der Waals surface area contributed by atoms with E-state index in [4.69, 9.17) is 5.73 Å². The summed E-state index contributed by atoms with van der Waals surface area (Å²) in [6.45, 7) is 0. The summed E-state index contributed by atoms with van der Waals surface area (Å²) < 4.78 is 0. The van der Waals surface area contributed by atoms with Gasteiger partial charge in [-0.05, 0) is 17.5 Å². The maximum Gasteiger partial charge on any atom is 0.249 e. The summed E-state index contributed by atoms with van der Waals surface area (Å²) in [5.74, 6) is -0.409. The Labute approximate surface area is 76.0 Å². The third-order valence-electron chi connectivity index (χ3n) is 1.96. The molecular formula is C11H8NO. The van der Waals surface area contributed by atoms with Crippen LogP contribution in [0.15, 0.2) is 36.4 Å². The minimum Gasteiger partial charge on any atom is -0.366 e. The predicted octanol–water partition coefficient (Wildman–Crippen LogP) is 1.74. The molecule has 2 heteroatoms. The zero-order chi connectivity index (χ0) is 9.26. The molecule has 63 valence electrons. The molecule has 0 aliphatic heterocycles. The van der Waals surface area contributed by atoms with Crippen molar-refractivity contribution in [2.45, 2.75) is 0 Å². The second-order valence-corrected chi connectivity index (χ2v) is 2.80. The average Bonchev–Trinajstić information content (AvgIpc) is 2.17. The van der Waals surface area contributed by atoms with Gasteiger partial charge in [-0.15, -0.1) is 0 Å². The lowest BCUT2D eigenvalue weighted by Gasteiger charge is -2.00.